The molecule has 1 rings (SSSR count). The molecule has 0 aromatic heterocycles. The fourth-order valence-electron chi connectivity index (χ4n) is 2.12. The standard InChI is InChI=1S/C14H22O/c1-9(2)12-7-10(3)8-13(11(12)4)14(5,6)15/h7-9,15H,1-6H3. The van der Waals surface area contributed by atoms with Gasteiger partial charge in [-0.05, 0) is 50.3 Å². The van der Waals surface area contributed by atoms with Crippen molar-refractivity contribution in [3.63, 3.8) is 0 Å². The minimum Gasteiger partial charge on any atom is -0.386 e. The molecule has 0 aliphatic carbocycles. The van der Waals surface area contributed by atoms with Gasteiger partial charge in [-0.2, -0.15) is 0 Å². The van der Waals surface area contributed by atoms with E-state index in [0.717, 1.165) is 5.56 Å². The van der Waals surface area contributed by atoms with Gasteiger partial charge in [-0.3, -0.25) is 0 Å². The number of hydrogen-bond donors (Lipinski definition) is 1. The zero-order chi connectivity index (χ0) is 11.8. The maximum Gasteiger partial charge on any atom is 0.0843 e. The fraction of sp³-hybridized carbons (Fsp3) is 0.571. The molecule has 0 atom stereocenters. The lowest BCUT2D eigenvalue weighted by atomic mass is 9.86. The molecule has 0 aliphatic rings. The summed E-state index contributed by atoms with van der Waals surface area (Å²) in [6, 6.07) is 4.30. The van der Waals surface area contributed by atoms with Gasteiger partial charge in [0.2, 0.25) is 0 Å². The molecule has 1 N–H and O–H groups in total. The van der Waals surface area contributed by atoms with Crippen LogP contribution < -0.4 is 0 Å². The van der Waals surface area contributed by atoms with Gasteiger partial charge in [0.1, 0.15) is 0 Å². The maximum atomic E-state index is 10.1. The summed E-state index contributed by atoms with van der Waals surface area (Å²) in [4.78, 5) is 0. The van der Waals surface area contributed by atoms with E-state index < -0.39 is 5.60 Å². The summed E-state index contributed by atoms with van der Waals surface area (Å²) in [5.41, 5.74) is 4.09. The lowest BCUT2D eigenvalue weighted by Crippen LogP contribution is -2.18. The van der Waals surface area contributed by atoms with Crippen molar-refractivity contribution in [3.05, 3.63) is 34.4 Å². The Hall–Kier alpha value is -0.820. The normalized spacial score (nSPS) is 12.3. The summed E-state index contributed by atoms with van der Waals surface area (Å²) >= 11 is 0. The molecule has 1 heteroatoms. The Bertz CT molecular complexity index is 356. The van der Waals surface area contributed by atoms with Crippen LogP contribution >= 0.6 is 0 Å². The molecule has 0 radical (unpaired) electrons. The smallest absolute Gasteiger partial charge is 0.0843 e. The van der Waals surface area contributed by atoms with E-state index in [1.54, 1.807) is 0 Å². The van der Waals surface area contributed by atoms with Crippen molar-refractivity contribution in [1.82, 2.24) is 0 Å². The van der Waals surface area contributed by atoms with Crippen LogP contribution in [0.15, 0.2) is 12.1 Å². The van der Waals surface area contributed by atoms with E-state index in [4.69, 9.17) is 0 Å². The van der Waals surface area contributed by atoms with Crippen LogP contribution in [0.4, 0.5) is 0 Å². The first-order valence-corrected chi connectivity index (χ1v) is 5.57. The van der Waals surface area contributed by atoms with E-state index in [1.807, 2.05) is 13.8 Å². The van der Waals surface area contributed by atoms with Gasteiger partial charge in [0.05, 0.1) is 5.60 Å². The molecular weight excluding hydrogens is 184 g/mol. The van der Waals surface area contributed by atoms with Gasteiger partial charge < -0.3 is 5.11 Å². The van der Waals surface area contributed by atoms with E-state index >= 15 is 0 Å². The molecule has 15 heavy (non-hydrogen) atoms. The van der Waals surface area contributed by atoms with E-state index in [9.17, 15) is 5.11 Å². The zero-order valence-corrected chi connectivity index (χ0v) is 10.7. The predicted molar refractivity (Wildman–Crippen MR) is 65.2 cm³/mol. The van der Waals surface area contributed by atoms with Crippen molar-refractivity contribution in [2.24, 2.45) is 0 Å². The first-order chi connectivity index (χ1) is 6.73. The van der Waals surface area contributed by atoms with E-state index in [-0.39, 0.29) is 0 Å². The Morgan fingerprint density at radius 3 is 2.07 bits per heavy atom. The lowest BCUT2D eigenvalue weighted by molar-refractivity contribution is 0.0777. The SMILES string of the molecule is Cc1cc(C(C)C)c(C)c(C(C)(C)O)c1. The van der Waals surface area contributed by atoms with Crippen LogP contribution in [0.25, 0.3) is 0 Å². The molecule has 0 spiro atoms. The summed E-state index contributed by atoms with van der Waals surface area (Å²) in [7, 11) is 0. The summed E-state index contributed by atoms with van der Waals surface area (Å²) in [5.74, 6) is 0.506. The number of rotatable bonds is 2. The maximum absolute atomic E-state index is 10.1. The van der Waals surface area contributed by atoms with Crippen LogP contribution in [0.3, 0.4) is 0 Å². The average Bonchev–Trinajstić information content (AvgIpc) is 2.06. The number of benzene rings is 1. The van der Waals surface area contributed by atoms with Gasteiger partial charge in [-0.1, -0.05) is 31.5 Å². The fourth-order valence-corrected chi connectivity index (χ4v) is 2.12. The van der Waals surface area contributed by atoms with Crippen LogP contribution in [0.5, 0.6) is 0 Å². The van der Waals surface area contributed by atoms with E-state index in [1.165, 1.54) is 16.7 Å². The summed E-state index contributed by atoms with van der Waals surface area (Å²) in [5, 5.41) is 10.1. The number of aryl methyl sites for hydroxylation is 1. The minimum absolute atomic E-state index is 0.506. The average molecular weight is 206 g/mol. The van der Waals surface area contributed by atoms with Crippen LogP contribution in [-0.4, -0.2) is 5.11 Å². The summed E-state index contributed by atoms with van der Waals surface area (Å²) < 4.78 is 0. The minimum atomic E-state index is -0.750. The zero-order valence-electron chi connectivity index (χ0n) is 10.7. The Labute approximate surface area is 93.1 Å². The highest BCUT2D eigenvalue weighted by Crippen LogP contribution is 2.30. The molecule has 0 unspecified atom stereocenters. The topological polar surface area (TPSA) is 20.2 Å². The van der Waals surface area contributed by atoms with Crippen molar-refractivity contribution >= 4 is 0 Å². The predicted octanol–water partition coefficient (Wildman–Crippen LogP) is 3.65. The van der Waals surface area contributed by atoms with Gasteiger partial charge in [0.15, 0.2) is 0 Å². The summed E-state index contributed by atoms with van der Waals surface area (Å²) in [6.07, 6.45) is 0. The monoisotopic (exact) mass is 206 g/mol. The molecule has 0 saturated heterocycles. The van der Waals surface area contributed by atoms with E-state index in [0.29, 0.717) is 5.92 Å². The first-order valence-electron chi connectivity index (χ1n) is 5.57. The highest BCUT2D eigenvalue weighted by atomic mass is 16.3. The van der Waals surface area contributed by atoms with Crippen molar-refractivity contribution in [1.29, 1.82) is 0 Å². The molecular formula is C14H22O. The van der Waals surface area contributed by atoms with Crippen LogP contribution in [0.2, 0.25) is 0 Å². The van der Waals surface area contributed by atoms with Crippen LogP contribution in [0.1, 0.15) is 55.9 Å². The highest BCUT2D eigenvalue weighted by molar-refractivity contribution is 5.42. The second-order valence-corrected chi connectivity index (χ2v) is 5.24. The molecule has 0 bridgehead atoms. The molecule has 0 saturated carbocycles. The summed E-state index contributed by atoms with van der Waals surface area (Å²) in [6.45, 7) is 12.3. The third kappa shape index (κ3) is 2.60. The Morgan fingerprint density at radius 1 is 1.13 bits per heavy atom. The molecule has 0 heterocycles. The Morgan fingerprint density at radius 2 is 1.67 bits per heavy atom. The largest absolute Gasteiger partial charge is 0.386 e. The molecule has 0 fully saturated rings. The van der Waals surface area contributed by atoms with Gasteiger partial charge in [0, 0.05) is 0 Å². The quantitative estimate of drug-likeness (QED) is 0.783. The second kappa shape index (κ2) is 3.97. The van der Waals surface area contributed by atoms with Crippen molar-refractivity contribution < 1.29 is 5.11 Å². The van der Waals surface area contributed by atoms with Gasteiger partial charge >= 0.3 is 0 Å². The number of aliphatic hydroxyl groups is 1. The van der Waals surface area contributed by atoms with Crippen LogP contribution in [0, 0.1) is 13.8 Å². The molecule has 1 nitrogen and oxygen atoms in total. The first kappa shape index (κ1) is 12.3. The molecule has 0 amide bonds. The molecule has 1 aromatic carbocycles. The number of hydrogen-bond acceptors (Lipinski definition) is 1. The Kier molecular flexibility index (Phi) is 3.25. The molecule has 0 aliphatic heterocycles. The highest BCUT2D eigenvalue weighted by Gasteiger charge is 2.21. The van der Waals surface area contributed by atoms with Gasteiger partial charge in [0.25, 0.3) is 0 Å². The van der Waals surface area contributed by atoms with Crippen molar-refractivity contribution in [2.45, 2.75) is 53.1 Å². The van der Waals surface area contributed by atoms with Gasteiger partial charge in [-0.15, -0.1) is 0 Å². The van der Waals surface area contributed by atoms with Crippen molar-refractivity contribution in [3.8, 4) is 0 Å². The lowest BCUT2D eigenvalue weighted by Gasteiger charge is -2.24. The molecule has 84 valence electrons. The molecule has 1 aromatic rings. The Balaban J connectivity index is 3.42. The van der Waals surface area contributed by atoms with Crippen molar-refractivity contribution in [2.75, 3.05) is 0 Å². The van der Waals surface area contributed by atoms with Gasteiger partial charge in [-0.25, -0.2) is 0 Å². The van der Waals surface area contributed by atoms with E-state index in [2.05, 4.69) is 39.8 Å². The third-order valence-corrected chi connectivity index (χ3v) is 2.87. The van der Waals surface area contributed by atoms with Crippen LogP contribution in [-0.2, 0) is 5.60 Å². The second-order valence-electron chi connectivity index (χ2n) is 5.24. The third-order valence-electron chi connectivity index (χ3n) is 2.87.